The third kappa shape index (κ3) is 3.75. The molecule has 0 saturated heterocycles. The molecule has 2 aromatic carbocycles. The van der Waals surface area contributed by atoms with Crippen LogP contribution in [0.5, 0.6) is 0 Å². The molecule has 0 amide bonds. The molecule has 0 saturated carbocycles. The number of para-hydroxylation sites is 1. The summed E-state index contributed by atoms with van der Waals surface area (Å²) in [5, 5.41) is 3.20. The van der Waals surface area contributed by atoms with E-state index in [1.54, 1.807) is 24.3 Å². The molecule has 0 fully saturated rings. The SMILES string of the molecule is CS(=O)(=O)c1cccc(Cl)c1CNc1c(F)cccc1Br. The first-order chi connectivity index (χ1) is 9.80. The molecule has 0 unspecified atom stereocenters. The maximum Gasteiger partial charge on any atom is 0.175 e. The minimum atomic E-state index is -3.41. The zero-order chi connectivity index (χ0) is 15.6. The van der Waals surface area contributed by atoms with Gasteiger partial charge in [-0.15, -0.1) is 0 Å². The predicted molar refractivity (Wildman–Crippen MR) is 86.0 cm³/mol. The smallest absolute Gasteiger partial charge is 0.175 e. The first kappa shape index (κ1) is 16.3. The van der Waals surface area contributed by atoms with E-state index in [4.69, 9.17) is 11.6 Å². The van der Waals surface area contributed by atoms with Crippen LogP contribution in [0.2, 0.25) is 5.02 Å². The van der Waals surface area contributed by atoms with Gasteiger partial charge in [0.2, 0.25) is 0 Å². The standard InChI is InChI=1S/C14H12BrClFNO2S/c1-21(19,20)13-7-3-5-11(16)9(13)8-18-14-10(15)4-2-6-12(14)17/h2-7,18H,8H2,1H3. The Bertz CT molecular complexity index is 760. The van der Waals surface area contributed by atoms with E-state index in [2.05, 4.69) is 21.2 Å². The molecule has 7 heteroatoms. The molecule has 0 bridgehead atoms. The van der Waals surface area contributed by atoms with Gasteiger partial charge in [0, 0.05) is 27.9 Å². The van der Waals surface area contributed by atoms with E-state index in [-0.39, 0.29) is 17.1 Å². The van der Waals surface area contributed by atoms with E-state index in [1.807, 2.05) is 0 Å². The zero-order valence-corrected chi connectivity index (χ0v) is 14.2. The highest BCUT2D eigenvalue weighted by Gasteiger charge is 2.16. The van der Waals surface area contributed by atoms with Gasteiger partial charge in [-0.1, -0.05) is 23.7 Å². The molecule has 0 aromatic heterocycles. The molecule has 2 rings (SSSR count). The van der Waals surface area contributed by atoms with Gasteiger partial charge in [-0.05, 0) is 40.2 Å². The van der Waals surface area contributed by atoms with Crippen molar-refractivity contribution < 1.29 is 12.8 Å². The summed E-state index contributed by atoms with van der Waals surface area (Å²) < 4.78 is 37.9. The van der Waals surface area contributed by atoms with Crippen molar-refractivity contribution in [3.05, 3.63) is 57.3 Å². The van der Waals surface area contributed by atoms with Crippen molar-refractivity contribution >= 4 is 43.1 Å². The zero-order valence-electron chi connectivity index (χ0n) is 11.0. The number of benzene rings is 2. The van der Waals surface area contributed by atoms with Crippen LogP contribution in [-0.2, 0) is 16.4 Å². The predicted octanol–water partition coefficient (Wildman–Crippen LogP) is 4.26. The fraction of sp³-hybridized carbons (Fsp3) is 0.143. The number of anilines is 1. The second kappa shape index (κ2) is 6.34. The molecule has 0 radical (unpaired) electrons. The average molecular weight is 393 g/mol. The van der Waals surface area contributed by atoms with E-state index >= 15 is 0 Å². The summed E-state index contributed by atoms with van der Waals surface area (Å²) in [6, 6.07) is 9.23. The maximum absolute atomic E-state index is 13.7. The topological polar surface area (TPSA) is 46.2 Å². The van der Waals surface area contributed by atoms with Crippen molar-refractivity contribution in [3.8, 4) is 0 Å². The fourth-order valence-electron chi connectivity index (χ4n) is 1.90. The molecule has 0 aliphatic heterocycles. The van der Waals surface area contributed by atoms with Crippen molar-refractivity contribution in [2.45, 2.75) is 11.4 Å². The van der Waals surface area contributed by atoms with Gasteiger partial charge < -0.3 is 5.32 Å². The van der Waals surface area contributed by atoms with Crippen molar-refractivity contribution in [3.63, 3.8) is 0 Å². The van der Waals surface area contributed by atoms with E-state index in [1.165, 1.54) is 12.1 Å². The van der Waals surface area contributed by atoms with Crippen LogP contribution in [0.25, 0.3) is 0 Å². The summed E-state index contributed by atoms with van der Waals surface area (Å²) >= 11 is 9.31. The average Bonchev–Trinajstić information content (AvgIpc) is 2.38. The Hall–Kier alpha value is -1.11. The minimum absolute atomic E-state index is 0.0988. The molecule has 0 heterocycles. The summed E-state index contributed by atoms with van der Waals surface area (Å²) in [5.41, 5.74) is 0.675. The van der Waals surface area contributed by atoms with Gasteiger partial charge in [-0.25, -0.2) is 12.8 Å². The highest BCUT2D eigenvalue weighted by atomic mass is 79.9. The van der Waals surface area contributed by atoms with Gasteiger partial charge in [0.25, 0.3) is 0 Å². The lowest BCUT2D eigenvalue weighted by atomic mass is 10.2. The van der Waals surface area contributed by atoms with Crippen LogP contribution in [0.3, 0.4) is 0 Å². The third-order valence-corrected chi connectivity index (χ3v) is 5.08. The Morgan fingerprint density at radius 2 is 1.90 bits per heavy atom. The second-order valence-electron chi connectivity index (χ2n) is 4.44. The van der Waals surface area contributed by atoms with Crippen LogP contribution in [0.4, 0.5) is 10.1 Å². The van der Waals surface area contributed by atoms with Crippen LogP contribution in [0.1, 0.15) is 5.56 Å². The number of hydrogen-bond donors (Lipinski definition) is 1. The summed E-state index contributed by atoms with van der Waals surface area (Å²) in [7, 11) is -3.41. The molecule has 1 N–H and O–H groups in total. The number of sulfone groups is 1. The summed E-state index contributed by atoms with van der Waals surface area (Å²) in [4.78, 5) is 0.134. The van der Waals surface area contributed by atoms with Gasteiger partial charge in [-0.2, -0.15) is 0 Å². The minimum Gasteiger partial charge on any atom is -0.378 e. The van der Waals surface area contributed by atoms with Crippen LogP contribution >= 0.6 is 27.5 Å². The monoisotopic (exact) mass is 391 g/mol. The first-order valence-corrected chi connectivity index (χ1v) is 9.02. The van der Waals surface area contributed by atoms with Gasteiger partial charge in [0.1, 0.15) is 5.82 Å². The number of rotatable bonds is 4. The molecule has 0 spiro atoms. The summed E-state index contributed by atoms with van der Waals surface area (Å²) in [6.45, 7) is 0.0988. The second-order valence-corrected chi connectivity index (χ2v) is 7.68. The van der Waals surface area contributed by atoms with Gasteiger partial charge in [0.15, 0.2) is 9.84 Å². The molecule has 0 atom stereocenters. The van der Waals surface area contributed by atoms with Crippen LogP contribution in [-0.4, -0.2) is 14.7 Å². The lowest BCUT2D eigenvalue weighted by molar-refractivity contribution is 0.601. The van der Waals surface area contributed by atoms with Crippen molar-refractivity contribution in [2.24, 2.45) is 0 Å². The van der Waals surface area contributed by atoms with Gasteiger partial charge in [-0.3, -0.25) is 0 Å². The molecular weight excluding hydrogens is 381 g/mol. The Labute approximate surface area is 136 Å². The highest BCUT2D eigenvalue weighted by molar-refractivity contribution is 9.10. The van der Waals surface area contributed by atoms with Crippen molar-refractivity contribution in [1.29, 1.82) is 0 Å². The fourth-order valence-corrected chi connectivity index (χ4v) is 3.64. The normalized spacial score (nSPS) is 11.4. The largest absolute Gasteiger partial charge is 0.378 e. The molecule has 21 heavy (non-hydrogen) atoms. The van der Waals surface area contributed by atoms with E-state index in [9.17, 15) is 12.8 Å². The Kier molecular flexibility index (Phi) is 4.91. The number of halogens is 3. The highest BCUT2D eigenvalue weighted by Crippen LogP contribution is 2.29. The molecule has 3 nitrogen and oxygen atoms in total. The number of nitrogens with one attached hydrogen (secondary N) is 1. The van der Waals surface area contributed by atoms with Crippen molar-refractivity contribution in [2.75, 3.05) is 11.6 Å². The lowest BCUT2D eigenvalue weighted by Gasteiger charge is -2.13. The Morgan fingerprint density at radius 1 is 1.24 bits per heavy atom. The Balaban J connectivity index is 2.37. The first-order valence-electron chi connectivity index (χ1n) is 5.96. The number of hydrogen-bond acceptors (Lipinski definition) is 3. The summed E-state index contributed by atoms with van der Waals surface area (Å²) in [6.07, 6.45) is 1.11. The van der Waals surface area contributed by atoms with E-state index in [0.29, 0.717) is 15.1 Å². The Morgan fingerprint density at radius 3 is 2.52 bits per heavy atom. The molecular formula is C14H12BrClFNO2S. The maximum atomic E-state index is 13.7. The van der Waals surface area contributed by atoms with E-state index < -0.39 is 15.7 Å². The lowest BCUT2D eigenvalue weighted by Crippen LogP contribution is -2.09. The molecule has 0 aliphatic rings. The quantitative estimate of drug-likeness (QED) is 0.846. The van der Waals surface area contributed by atoms with Crippen LogP contribution < -0.4 is 5.32 Å². The van der Waals surface area contributed by atoms with Crippen molar-refractivity contribution in [1.82, 2.24) is 0 Å². The third-order valence-electron chi connectivity index (χ3n) is 2.88. The molecule has 0 aliphatic carbocycles. The summed E-state index contributed by atoms with van der Waals surface area (Å²) in [5.74, 6) is -0.433. The molecule has 2 aromatic rings. The molecule has 112 valence electrons. The van der Waals surface area contributed by atoms with Crippen LogP contribution in [0, 0.1) is 5.82 Å². The van der Waals surface area contributed by atoms with Crippen LogP contribution in [0.15, 0.2) is 45.8 Å². The van der Waals surface area contributed by atoms with E-state index in [0.717, 1.165) is 6.26 Å². The van der Waals surface area contributed by atoms with Gasteiger partial charge >= 0.3 is 0 Å². The van der Waals surface area contributed by atoms with Gasteiger partial charge in [0.05, 0.1) is 10.6 Å².